The van der Waals surface area contributed by atoms with Gasteiger partial charge in [0.05, 0.1) is 6.54 Å². The van der Waals surface area contributed by atoms with Crippen molar-refractivity contribution in [3.05, 3.63) is 45.0 Å². The monoisotopic (exact) mass is 316 g/mol. The minimum Gasteiger partial charge on any atom is -0.361 e. The van der Waals surface area contributed by atoms with Crippen molar-refractivity contribution in [1.29, 1.82) is 0 Å². The first-order valence-corrected chi connectivity index (χ1v) is 7.81. The Hall–Kier alpha value is -2.44. The fourth-order valence-electron chi connectivity index (χ4n) is 2.61. The molecule has 2 aromatic rings. The standard InChI is InChI=1S/C16H20N4O3/c1-9-13(10(2)19-16(22)18-9)5-6-15(21)17-8-12-7-14(23-20-12)11-3-4-11/h7,11H,3-6,8H2,1-2H3,(H,17,21)(H,18,19,22). The molecule has 0 spiro atoms. The second-order valence-corrected chi connectivity index (χ2v) is 6.00. The number of carbonyl (C=O) groups is 1. The second kappa shape index (κ2) is 6.36. The maximum atomic E-state index is 12.0. The van der Waals surface area contributed by atoms with Crippen molar-refractivity contribution in [2.24, 2.45) is 0 Å². The van der Waals surface area contributed by atoms with Gasteiger partial charge in [0.2, 0.25) is 5.91 Å². The predicted molar refractivity (Wildman–Crippen MR) is 83.0 cm³/mol. The third-order valence-corrected chi connectivity index (χ3v) is 4.08. The summed E-state index contributed by atoms with van der Waals surface area (Å²) in [7, 11) is 0. The number of aromatic amines is 1. The SMILES string of the molecule is Cc1nc(=O)[nH]c(C)c1CCC(=O)NCc1cc(C2CC2)on1. The molecule has 0 bridgehead atoms. The van der Waals surface area contributed by atoms with E-state index in [-0.39, 0.29) is 11.6 Å². The summed E-state index contributed by atoms with van der Waals surface area (Å²) < 4.78 is 5.25. The molecule has 0 radical (unpaired) electrons. The van der Waals surface area contributed by atoms with Gasteiger partial charge in [-0.05, 0) is 38.7 Å². The van der Waals surface area contributed by atoms with Crippen LogP contribution in [-0.4, -0.2) is 21.0 Å². The molecule has 0 unspecified atom stereocenters. The maximum absolute atomic E-state index is 12.0. The van der Waals surface area contributed by atoms with Crippen molar-refractivity contribution in [2.45, 2.75) is 52.0 Å². The Morgan fingerprint density at radius 2 is 2.22 bits per heavy atom. The third kappa shape index (κ3) is 3.85. The largest absolute Gasteiger partial charge is 0.361 e. The number of carbonyl (C=O) groups excluding carboxylic acids is 1. The molecule has 3 rings (SSSR count). The highest BCUT2D eigenvalue weighted by Gasteiger charge is 2.27. The number of aromatic nitrogens is 3. The highest BCUT2D eigenvalue weighted by atomic mass is 16.5. The minimum atomic E-state index is -0.356. The van der Waals surface area contributed by atoms with Gasteiger partial charge in [-0.15, -0.1) is 0 Å². The van der Waals surface area contributed by atoms with Crippen LogP contribution in [0.25, 0.3) is 0 Å². The summed E-state index contributed by atoms with van der Waals surface area (Å²) in [5.74, 6) is 1.37. The van der Waals surface area contributed by atoms with E-state index in [4.69, 9.17) is 4.52 Å². The number of amides is 1. The van der Waals surface area contributed by atoms with Crippen LogP contribution in [0.2, 0.25) is 0 Å². The summed E-state index contributed by atoms with van der Waals surface area (Å²) in [6.07, 6.45) is 3.20. The van der Waals surface area contributed by atoms with E-state index in [1.54, 1.807) is 6.92 Å². The van der Waals surface area contributed by atoms with Crippen LogP contribution in [0, 0.1) is 13.8 Å². The van der Waals surface area contributed by atoms with Crippen molar-refractivity contribution in [3.8, 4) is 0 Å². The molecule has 1 saturated carbocycles. The molecule has 2 N–H and O–H groups in total. The van der Waals surface area contributed by atoms with Gasteiger partial charge in [0.1, 0.15) is 11.5 Å². The van der Waals surface area contributed by atoms with Crippen LogP contribution >= 0.6 is 0 Å². The van der Waals surface area contributed by atoms with Crippen LogP contribution in [0.5, 0.6) is 0 Å². The molecule has 0 saturated heterocycles. The van der Waals surface area contributed by atoms with Gasteiger partial charge >= 0.3 is 5.69 Å². The van der Waals surface area contributed by atoms with Gasteiger partial charge in [0.15, 0.2) is 0 Å². The number of hydrogen-bond donors (Lipinski definition) is 2. The molecule has 1 amide bonds. The van der Waals surface area contributed by atoms with Crippen molar-refractivity contribution in [2.75, 3.05) is 0 Å². The van der Waals surface area contributed by atoms with Crippen LogP contribution in [0.3, 0.4) is 0 Å². The first-order valence-electron chi connectivity index (χ1n) is 7.81. The summed E-state index contributed by atoms with van der Waals surface area (Å²) in [5, 5.41) is 6.80. The average molecular weight is 316 g/mol. The molecule has 1 aliphatic rings. The van der Waals surface area contributed by atoms with E-state index in [1.165, 1.54) is 0 Å². The zero-order valence-corrected chi connectivity index (χ0v) is 13.3. The molecule has 7 heteroatoms. The number of nitrogens with zero attached hydrogens (tertiary/aromatic N) is 2. The second-order valence-electron chi connectivity index (χ2n) is 6.00. The Labute approximate surface area is 133 Å². The topological polar surface area (TPSA) is 101 Å². The van der Waals surface area contributed by atoms with E-state index >= 15 is 0 Å². The van der Waals surface area contributed by atoms with Crippen molar-refractivity contribution >= 4 is 5.91 Å². The Morgan fingerprint density at radius 1 is 1.43 bits per heavy atom. The summed E-state index contributed by atoms with van der Waals surface area (Å²) in [4.78, 5) is 29.7. The lowest BCUT2D eigenvalue weighted by Crippen LogP contribution is -2.24. The van der Waals surface area contributed by atoms with E-state index < -0.39 is 0 Å². The summed E-state index contributed by atoms with van der Waals surface area (Å²) in [6.45, 7) is 3.97. The lowest BCUT2D eigenvalue weighted by molar-refractivity contribution is -0.121. The molecule has 23 heavy (non-hydrogen) atoms. The average Bonchev–Trinajstić information content (AvgIpc) is 3.23. The molecular formula is C16H20N4O3. The Kier molecular flexibility index (Phi) is 4.27. The van der Waals surface area contributed by atoms with Gasteiger partial charge < -0.3 is 14.8 Å². The fourth-order valence-corrected chi connectivity index (χ4v) is 2.61. The molecule has 7 nitrogen and oxygen atoms in total. The summed E-state index contributed by atoms with van der Waals surface area (Å²) in [5.41, 5.74) is 2.74. The van der Waals surface area contributed by atoms with E-state index in [9.17, 15) is 9.59 Å². The normalized spacial score (nSPS) is 14.0. The molecule has 1 aliphatic carbocycles. The van der Waals surface area contributed by atoms with E-state index in [0.29, 0.717) is 31.0 Å². The lowest BCUT2D eigenvalue weighted by atomic mass is 10.1. The third-order valence-electron chi connectivity index (χ3n) is 4.08. The van der Waals surface area contributed by atoms with Crippen molar-refractivity contribution in [1.82, 2.24) is 20.4 Å². The maximum Gasteiger partial charge on any atom is 0.345 e. The lowest BCUT2D eigenvalue weighted by Gasteiger charge is -2.08. The van der Waals surface area contributed by atoms with Crippen LogP contribution < -0.4 is 11.0 Å². The van der Waals surface area contributed by atoms with E-state index in [1.807, 2.05) is 13.0 Å². The molecule has 0 aliphatic heterocycles. The number of rotatable bonds is 6. The minimum absolute atomic E-state index is 0.0639. The van der Waals surface area contributed by atoms with Crippen LogP contribution in [-0.2, 0) is 17.8 Å². The fraction of sp³-hybridized carbons (Fsp3) is 0.500. The Balaban J connectivity index is 1.50. The van der Waals surface area contributed by atoms with Gasteiger partial charge in [0, 0.05) is 29.8 Å². The summed E-state index contributed by atoms with van der Waals surface area (Å²) >= 11 is 0. The highest BCUT2D eigenvalue weighted by molar-refractivity contribution is 5.76. The van der Waals surface area contributed by atoms with Gasteiger partial charge in [0.25, 0.3) is 0 Å². The Morgan fingerprint density at radius 3 is 2.91 bits per heavy atom. The number of hydrogen-bond acceptors (Lipinski definition) is 5. The van der Waals surface area contributed by atoms with E-state index in [0.717, 1.165) is 35.6 Å². The first kappa shape index (κ1) is 15.5. The zero-order chi connectivity index (χ0) is 16.4. The van der Waals surface area contributed by atoms with Crippen LogP contribution in [0.1, 0.15) is 53.6 Å². The molecule has 1 fully saturated rings. The molecule has 2 heterocycles. The molecular weight excluding hydrogens is 296 g/mol. The van der Waals surface area contributed by atoms with Crippen molar-refractivity contribution in [3.63, 3.8) is 0 Å². The molecule has 122 valence electrons. The number of aryl methyl sites for hydroxylation is 2. The van der Waals surface area contributed by atoms with Crippen LogP contribution in [0.15, 0.2) is 15.4 Å². The van der Waals surface area contributed by atoms with Crippen LogP contribution in [0.4, 0.5) is 0 Å². The Bertz CT molecular complexity index is 748. The highest BCUT2D eigenvalue weighted by Crippen LogP contribution is 2.40. The molecule has 0 atom stereocenters. The number of H-pyrrole nitrogens is 1. The van der Waals surface area contributed by atoms with E-state index in [2.05, 4.69) is 20.4 Å². The quantitative estimate of drug-likeness (QED) is 0.841. The van der Waals surface area contributed by atoms with Gasteiger partial charge in [-0.2, -0.15) is 4.98 Å². The first-order chi connectivity index (χ1) is 11.0. The molecule has 2 aromatic heterocycles. The zero-order valence-electron chi connectivity index (χ0n) is 13.3. The van der Waals surface area contributed by atoms with Gasteiger partial charge in [-0.3, -0.25) is 4.79 Å². The summed E-state index contributed by atoms with van der Waals surface area (Å²) in [6, 6.07) is 1.91. The predicted octanol–water partition coefficient (Wildman–Crippen LogP) is 1.50. The number of nitrogens with one attached hydrogen (secondary N) is 2. The van der Waals surface area contributed by atoms with Crippen molar-refractivity contribution < 1.29 is 9.32 Å². The molecule has 0 aromatic carbocycles. The van der Waals surface area contributed by atoms with Gasteiger partial charge in [-0.1, -0.05) is 5.16 Å². The smallest absolute Gasteiger partial charge is 0.345 e. The van der Waals surface area contributed by atoms with Gasteiger partial charge in [-0.25, -0.2) is 4.79 Å².